The van der Waals surface area contributed by atoms with Crippen molar-refractivity contribution >= 4 is 16.9 Å². The average Bonchev–Trinajstić information content (AvgIpc) is 3.20. The summed E-state index contributed by atoms with van der Waals surface area (Å²) in [5, 5.41) is 4.05. The Morgan fingerprint density at radius 2 is 1.80 bits per heavy atom. The quantitative estimate of drug-likeness (QED) is 0.448. The number of amides is 1. The van der Waals surface area contributed by atoms with Gasteiger partial charge in [-0.3, -0.25) is 4.79 Å². The zero-order chi connectivity index (χ0) is 20.9. The van der Waals surface area contributed by atoms with Gasteiger partial charge in [-0.2, -0.15) is 0 Å². The predicted octanol–water partition coefficient (Wildman–Crippen LogP) is 5.42. The third-order valence-electron chi connectivity index (χ3n) is 5.02. The van der Waals surface area contributed by atoms with Crippen molar-refractivity contribution in [3.8, 4) is 5.75 Å². The van der Waals surface area contributed by atoms with Crippen molar-refractivity contribution in [3.05, 3.63) is 102 Å². The topological polar surface area (TPSA) is 51.5 Å². The molecule has 1 amide bonds. The number of furan rings is 1. The molecular weight excluding hydrogens is 381 g/mol. The van der Waals surface area contributed by atoms with Crippen molar-refractivity contribution < 1.29 is 18.3 Å². The number of halogens is 1. The van der Waals surface area contributed by atoms with E-state index < -0.39 is 11.9 Å². The highest BCUT2D eigenvalue weighted by molar-refractivity contribution is 5.80. The Morgan fingerprint density at radius 3 is 2.53 bits per heavy atom. The van der Waals surface area contributed by atoms with Gasteiger partial charge >= 0.3 is 0 Å². The second-order valence-corrected chi connectivity index (χ2v) is 7.07. The first-order valence-electron chi connectivity index (χ1n) is 9.79. The highest BCUT2D eigenvalue weighted by Crippen LogP contribution is 2.28. The number of methoxy groups -OCH3 is 1. The molecule has 0 fully saturated rings. The Morgan fingerprint density at radius 1 is 1.03 bits per heavy atom. The van der Waals surface area contributed by atoms with Gasteiger partial charge in [0.25, 0.3) is 0 Å². The molecule has 0 aliphatic carbocycles. The van der Waals surface area contributed by atoms with Crippen LogP contribution in [-0.4, -0.2) is 13.0 Å². The number of aryl methyl sites for hydroxylation is 1. The maximum atomic E-state index is 13.9. The molecule has 0 radical (unpaired) electrons. The van der Waals surface area contributed by atoms with Gasteiger partial charge in [-0.25, -0.2) is 4.39 Å². The SMILES string of the molecule is COc1ccc(CCC(=O)NC(c2ccccc2)c2cc3ccccc3o2)cc1F. The van der Waals surface area contributed by atoms with Gasteiger partial charge < -0.3 is 14.5 Å². The van der Waals surface area contributed by atoms with E-state index in [1.165, 1.54) is 13.2 Å². The average molecular weight is 403 g/mol. The highest BCUT2D eigenvalue weighted by atomic mass is 19.1. The monoisotopic (exact) mass is 403 g/mol. The van der Waals surface area contributed by atoms with E-state index in [0.717, 1.165) is 22.1 Å². The molecular formula is C25H22FNO3. The molecule has 4 nitrogen and oxygen atoms in total. The van der Waals surface area contributed by atoms with Crippen LogP contribution in [0.15, 0.2) is 83.3 Å². The van der Waals surface area contributed by atoms with E-state index in [1.807, 2.05) is 60.7 Å². The van der Waals surface area contributed by atoms with Crippen LogP contribution in [0.5, 0.6) is 5.75 Å². The molecule has 1 heterocycles. The number of para-hydroxylation sites is 1. The van der Waals surface area contributed by atoms with E-state index >= 15 is 0 Å². The number of rotatable bonds is 7. The number of hydrogen-bond donors (Lipinski definition) is 1. The Labute approximate surface area is 174 Å². The Bertz CT molecular complexity index is 1120. The molecule has 4 aromatic rings. The summed E-state index contributed by atoms with van der Waals surface area (Å²) in [6.45, 7) is 0. The smallest absolute Gasteiger partial charge is 0.221 e. The maximum Gasteiger partial charge on any atom is 0.221 e. The second kappa shape index (κ2) is 8.82. The highest BCUT2D eigenvalue weighted by Gasteiger charge is 2.21. The lowest BCUT2D eigenvalue weighted by Crippen LogP contribution is -2.29. The summed E-state index contributed by atoms with van der Waals surface area (Å²) in [6, 6.07) is 23.7. The summed E-state index contributed by atoms with van der Waals surface area (Å²) in [6.07, 6.45) is 0.656. The molecule has 1 unspecified atom stereocenters. The number of fused-ring (bicyclic) bond motifs is 1. The fourth-order valence-electron chi connectivity index (χ4n) is 3.47. The molecule has 1 aromatic heterocycles. The van der Waals surface area contributed by atoms with E-state index in [2.05, 4.69) is 5.32 Å². The summed E-state index contributed by atoms with van der Waals surface area (Å²) < 4.78 is 24.8. The third kappa shape index (κ3) is 4.35. The van der Waals surface area contributed by atoms with Crippen LogP contribution in [0.4, 0.5) is 4.39 Å². The maximum absolute atomic E-state index is 13.9. The molecule has 1 N–H and O–H groups in total. The van der Waals surface area contributed by atoms with E-state index in [1.54, 1.807) is 12.1 Å². The van der Waals surface area contributed by atoms with Crippen molar-refractivity contribution in [2.45, 2.75) is 18.9 Å². The second-order valence-electron chi connectivity index (χ2n) is 7.07. The number of carbonyl (C=O) groups excluding carboxylic acids is 1. The Kier molecular flexibility index (Phi) is 5.80. The molecule has 3 aromatic carbocycles. The van der Waals surface area contributed by atoms with Crippen LogP contribution in [0, 0.1) is 5.82 Å². The molecule has 5 heteroatoms. The minimum atomic E-state index is -0.431. The molecule has 30 heavy (non-hydrogen) atoms. The van der Waals surface area contributed by atoms with Gasteiger partial charge in [0.05, 0.1) is 7.11 Å². The number of benzene rings is 3. The zero-order valence-corrected chi connectivity index (χ0v) is 16.6. The number of carbonyl (C=O) groups is 1. The van der Waals surface area contributed by atoms with E-state index in [-0.39, 0.29) is 18.1 Å². The van der Waals surface area contributed by atoms with Crippen molar-refractivity contribution in [3.63, 3.8) is 0 Å². The van der Waals surface area contributed by atoms with Gasteiger partial charge in [0.2, 0.25) is 5.91 Å². The van der Waals surface area contributed by atoms with Gasteiger partial charge in [-0.1, -0.05) is 54.6 Å². The van der Waals surface area contributed by atoms with Gasteiger partial charge in [0.15, 0.2) is 11.6 Å². The third-order valence-corrected chi connectivity index (χ3v) is 5.02. The van der Waals surface area contributed by atoms with Crippen LogP contribution in [-0.2, 0) is 11.2 Å². The molecule has 0 aliphatic heterocycles. The summed E-state index contributed by atoms with van der Waals surface area (Å²) in [4.78, 5) is 12.7. The molecule has 0 bridgehead atoms. The molecule has 0 saturated carbocycles. The molecule has 0 spiro atoms. The van der Waals surface area contributed by atoms with Crippen molar-refractivity contribution in [2.75, 3.05) is 7.11 Å². The number of hydrogen-bond acceptors (Lipinski definition) is 3. The summed E-state index contributed by atoms with van der Waals surface area (Å²) in [5.41, 5.74) is 2.44. The molecule has 4 rings (SSSR count). The van der Waals surface area contributed by atoms with Crippen LogP contribution in [0.2, 0.25) is 0 Å². The molecule has 0 saturated heterocycles. The van der Waals surface area contributed by atoms with E-state index in [0.29, 0.717) is 12.2 Å². The normalized spacial score (nSPS) is 11.9. The fraction of sp³-hybridized carbons (Fsp3) is 0.160. The first-order valence-corrected chi connectivity index (χ1v) is 9.79. The van der Waals surface area contributed by atoms with Crippen molar-refractivity contribution in [1.29, 1.82) is 0 Å². The lowest BCUT2D eigenvalue weighted by molar-refractivity contribution is -0.121. The largest absolute Gasteiger partial charge is 0.494 e. The number of nitrogens with one attached hydrogen (secondary N) is 1. The minimum Gasteiger partial charge on any atom is -0.494 e. The predicted molar refractivity (Wildman–Crippen MR) is 114 cm³/mol. The zero-order valence-electron chi connectivity index (χ0n) is 16.6. The van der Waals surface area contributed by atoms with Crippen LogP contribution in [0.1, 0.15) is 29.3 Å². The van der Waals surface area contributed by atoms with Crippen molar-refractivity contribution in [2.24, 2.45) is 0 Å². The summed E-state index contributed by atoms with van der Waals surface area (Å²) in [5.74, 6) is 0.295. The Hall–Kier alpha value is -3.60. The number of ether oxygens (including phenoxy) is 1. The van der Waals surface area contributed by atoms with E-state index in [9.17, 15) is 9.18 Å². The fourth-order valence-corrected chi connectivity index (χ4v) is 3.47. The summed E-state index contributed by atoms with van der Waals surface area (Å²) in [7, 11) is 1.42. The van der Waals surface area contributed by atoms with Gasteiger partial charge in [-0.15, -0.1) is 0 Å². The Balaban J connectivity index is 1.51. The van der Waals surface area contributed by atoms with E-state index in [4.69, 9.17) is 9.15 Å². The summed E-state index contributed by atoms with van der Waals surface area (Å²) >= 11 is 0. The van der Waals surface area contributed by atoms with Crippen molar-refractivity contribution in [1.82, 2.24) is 5.32 Å². The standard InChI is InChI=1S/C25H22FNO3/c1-29-22-13-11-17(15-20(22)26)12-14-24(28)27-25(18-7-3-2-4-8-18)23-16-19-9-5-6-10-21(19)30-23/h2-11,13,15-16,25H,12,14H2,1H3,(H,27,28). The van der Waals surface area contributed by atoms with Gasteiger partial charge in [0, 0.05) is 11.8 Å². The van der Waals surface area contributed by atoms with Crippen LogP contribution in [0.3, 0.4) is 0 Å². The van der Waals surface area contributed by atoms with Crippen LogP contribution < -0.4 is 10.1 Å². The molecule has 0 aliphatic rings. The first-order chi connectivity index (χ1) is 14.6. The lowest BCUT2D eigenvalue weighted by atomic mass is 10.0. The lowest BCUT2D eigenvalue weighted by Gasteiger charge is -2.17. The van der Waals surface area contributed by atoms with Crippen LogP contribution >= 0.6 is 0 Å². The first kappa shape index (κ1) is 19.7. The van der Waals surface area contributed by atoms with Gasteiger partial charge in [0.1, 0.15) is 17.4 Å². The van der Waals surface area contributed by atoms with Gasteiger partial charge in [-0.05, 0) is 41.8 Å². The molecule has 1 atom stereocenters. The molecule has 152 valence electrons. The van der Waals surface area contributed by atoms with Crippen LogP contribution in [0.25, 0.3) is 11.0 Å². The minimum absolute atomic E-state index is 0.138.